The Hall–Kier alpha value is -2.03. The summed E-state index contributed by atoms with van der Waals surface area (Å²) in [4.78, 5) is 25.1. The van der Waals surface area contributed by atoms with Gasteiger partial charge in [-0.1, -0.05) is 58.1 Å². The quantitative estimate of drug-likeness (QED) is 0.309. The van der Waals surface area contributed by atoms with Crippen molar-refractivity contribution >= 4 is 67.6 Å². The Morgan fingerprint density at radius 2 is 1.96 bits per heavy atom. The summed E-state index contributed by atoms with van der Waals surface area (Å²) in [6.45, 7) is 0. The second kappa shape index (κ2) is 6.84. The molecule has 8 heteroatoms. The third kappa shape index (κ3) is 3.26. The molecule has 5 nitrogen and oxygen atoms in total. The molecule has 1 aliphatic heterocycles. The van der Waals surface area contributed by atoms with Crippen LogP contribution in [0.5, 0.6) is 0 Å². The highest BCUT2D eigenvalue weighted by Gasteiger charge is 2.33. The zero-order chi connectivity index (χ0) is 17.3. The highest BCUT2D eigenvalue weighted by atomic mass is 79.9. The molecule has 0 unspecified atom stereocenters. The van der Waals surface area contributed by atoms with Gasteiger partial charge in [0.1, 0.15) is 0 Å². The van der Waals surface area contributed by atoms with Gasteiger partial charge >= 0.3 is 0 Å². The lowest BCUT2D eigenvalue weighted by molar-refractivity contribution is -0.385. The number of thiocarbonyl (C=S) groups is 1. The van der Waals surface area contributed by atoms with Gasteiger partial charge in [-0.3, -0.25) is 19.8 Å². The number of anilines is 1. The normalized spacial score (nSPS) is 16.0. The van der Waals surface area contributed by atoms with Crippen LogP contribution in [0.4, 0.5) is 11.4 Å². The molecule has 1 saturated heterocycles. The van der Waals surface area contributed by atoms with E-state index in [0.29, 0.717) is 20.5 Å². The van der Waals surface area contributed by atoms with Crippen LogP contribution in [-0.2, 0) is 4.79 Å². The van der Waals surface area contributed by atoms with Crippen LogP contribution in [-0.4, -0.2) is 15.2 Å². The van der Waals surface area contributed by atoms with Crippen LogP contribution < -0.4 is 4.90 Å². The topological polar surface area (TPSA) is 63.4 Å². The molecular formula is C16H9BrN2O3S2. The van der Waals surface area contributed by atoms with E-state index in [2.05, 4.69) is 15.9 Å². The SMILES string of the molecule is O=C1/C(=C/c2ccccc2[N+](=O)[O-])SC(=S)N1c1cccc(Br)c1. The fraction of sp³-hybridized carbons (Fsp3) is 0. The molecule has 0 aliphatic carbocycles. The number of hydrogen-bond donors (Lipinski definition) is 0. The van der Waals surface area contributed by atoms with Crippen LogP contribution in [0.2, 0.25) is 0 Å². The summed E-state index contributed by atoms with van der Waals surface area (Å²) in [5.74, 6) is -0.291. The minimum absolute atomic E-state index is 0.0507. The molecule has 0 bridgehead atoms. The minimum Gasteiger partial charge on any atom is -0.268 e. The molecule has 1 heterocycles. The van der Waals surface area contributed by atoms with Crippen molar-refractivity contribution in [2.75, 3.05) is 4.90 Å². The van der Waals surface area contributed by atoms with Crippen molar-refractivity contribution in [1.29, 1.82) is 0 Å². The first-order valence-electron chi connectivity index (χ1n) is 6.74. The van der Waals surface area contributed by atoms with E-state index in [1.165, 1.54) is 17.0 Å². The van der Waals surface area contributed by atoms with Crippen molar-refractivity contribution < 1.29 is 9.72 Å². The number of thioether (sulfide) groups is 1. The van der Waals surface area contributed by atoms with Crippen LogP contribution in [0.1, 0.15) is 5.56 Å². The van der Waals surface area contributed by atoms with E-state index in [9.17, 15) is 14.9 Å². The van der Waals surface area contributed by atoms with E-state index in [1.54, 1.807) is 30.3 Å². The van der Waals surface area contributed by atoms with E-state index in [4.69, 9.17) is 12.2 Å². The number of benzene rings is 2. The second-order valence-electron chi connectivity index (χ2n) is 4.81. The zero-order valence-corrected chi connectivity index (χ0v) is 15.2. The fourth-order valence-corrected chi connectivity index (χ4v) is 3.90. The van der Waals surface area contributed by atoms with Crippen LogP contribution in [0.25, 0.3) is 6.08 Å². The molecule has 120 valence electrons. The average molecular weight is 421 g/mol. The minimum atomic E-state index is -0.471. The van der Waals surface area contributed by atoms with Crippen molar-refractivity contribution in [3.05, 3.63) is 73.6 Å². The molecule has 1 aliphatic rings. The molecule has 0 saturated carbocycles. The number of hydrogen-bond acceptors (Lipinski definition) is 5. The third-order valence-corrected chi connectivity index (χ3v) is 5.08. The Bertz CT molecular complexity index is 898. The maximum absolute atomic E-state index is 12.7. The van der Waals surface area contributed by atoms with E-state index in [1.807, 2.05) is 12.1 Å². The molecule has 0 N–H and O–H groups in total. The first-order valence-corrected chi connectivity index (χ1v) is 8.76. The van der Waals surface area contributed by atoms with Crippen molar-refractivity contribution in [2.45, 2.75) is 0 Å². The predicted molar refractivity (Wildman–Crippen MR) is 103 cm³/mol. The van der Waals surface area contributed by atoms with Crippen LogP contribution in [0.15, 0.2) is 57.9 Å². The summed E-state index contributed by atoms with van der Waals surface area (Å²) >= 11 is 9.79. The second-order valence-corrected chi connectivity index (χ2v) is 7.40. The highest BCUT2D eigenvalue weighted by Crippen LogP contribution is 2.37. The van der Waals surface area contributed by atoms with E-state index >= 15 is 0 Å². The first-order chi connectivity index (χ1) is 11.5. The van der Waals surface area contributed by atoms with E-state index < -0.39 is 4.92 Å². The molecule has 0 aromatic heterocycles. The Balaban J connectivity index is 1.99. The standard InChI is InChI=1S/C16H9BrN2O3S2/c17-11-5-3-6-12(9-11)18-15(20)14(24-16(18)23)8-10-4-1-2-7-13(10)19(21)22/h1-9H/b14-8-. The van der Waals surface area contributed by atoms with E-state index in [0.717, 1.165) is 16.2 Å². The van der Waals surface area contributed by atoms with Gasteiger partial charge in [-0.2, -0.15) is 0 Å². The molecule has 2 aromatic carbocycles. The van der Waals surface area contributed by atoms with Crippen LogP contribution >= 0.6 is 39.9 Å². The molecule has 0 radical (unpaired) electrons. The summed E-state index contributed by atoms with van der Waals surface area (Å²) < 4.78 is 1.22. The summed E-state index contributed by atoms with van der Waals surface area (Å²) in [6, 6.07) is 13.5. The Morgan fingerprint density at radius 1 is 1.21 bits per heavy atom. The number of rotatable bonds is 3. The van der Waals surface area contributed by atoms with Gasteiger partial charge in [0.15, 0.2) is 4.32 Å². The Kier molecular flexibility index (Phi) is 4.79. The number of nitro groups is 1. The summed E-state index contributed by atoms with van der Waals surface area (Å²) in [7, 11) is 0. The summed E-state index contributed by atoms with van der Waals surface area (Å²) in [5.41, 5.74) is 0.973. The average Bonchev–Trinajstić information content (AvgIpc) is 2.81. The molecular weight excluding hydrogens is 412 g/mol. The summed E-state index contributed by atoms with van der Waals surface area (Å²) in [5, 5.41) is 11.1. The number of halogens is 1. The predicted octanol–water partition coefficient (Wildman–Crippen LogP) is 4.76. The molecule has 0 atom stereocenters. The lowest BCUT2D eigenvalue weighted by Gasteiger charge is -2.14. The van der Waals surface area contributed by atoms with Gasteiger partial charge in [-0.25, -0.2) is 0 Å². The molecule has 3 rings (SSSR count). The number of nitro benzene ring substituents is 1. The van der Waals surface area contributed by atoms with Crippen molar-refractivity contribution in [2.24, 2.45) is 0 Å². The number of carbonyl (C=O) groups is 1. The number of carbonyl (C=O) groups excluding carboxylic acids is 1. The number of nitrogens with zero attached hydrogens (tertiary/aromatic N) is 2. The van der Waals surface area contributed by atoms with Gasteiger partial charge < -0.3 is 0 Å². The van der Waals surface area contributed by atoms with Crippen molar-refractivity contribution in [1.82, 2.24) is 0 Å². The van der Waals surface area contributed by atoms with Gasteiger partial charge in [-0.15, -0.1) is 0 Å². The monoisotopic (exact) mass is 420 g/mol. The lowest BCUT2D eigenvalue weighted by atomic mass is 10.1. The Labute approximate surface area is 155 Å². The fourth-order valence-electron chi connectivity index (χ4n) is 2.22. The highest BCUT2D eigenvalue weighted by molar-refractivity contribution is 9.10. The number of amides is 1. The van der Waals surface area contributed by atoms with Crippen LogP contribution in [0.3, 0.4) is 0 Å². The molecule has 0 spiro atoms. The van der Waals surface area contributed by atoms with Gasteiger partial charge in [0.2, 0.25) is 0 Å². The third-order valence-electron chi connectivity index (χ3n) is 3.28. The number of para-hydroxylation sites is 1. The maximum atomic E-state index is 12.7. The zero-order valence-electron chi connectivity index (χ0n) is 12.0. The molecule has 1 amide bonds. The van der Waals surface area contributed by atoms with Gasteiger partial charge in [0.25, 0.3) is 11.6 Å². The lowest BCUT2D eigenvalue weighted by Crippen LogP contribution is -2.27. The largest absolute Gasteiger partial charge is 0.276 e. The van der Waals surface area contributed by atoms with Gasteiger partial charge in [0, 0.05) is 10.5 Å². The van der Waals surface area contributed by atoms with Gasteiger partial charge in [0.05, 0.1) is 21.1 Å². The van der Waals surface area contributed by atoms with Crippen molar-refractivity contribution in [3.8, 4) is 0 Å². The molecule has 1 fully saturated rings. The Morgan fingerprint density at radius 3 is 2.67 bits per heavy atom. The molecule has 2 aromatic rings. The molecule has 24 heavy (non-hydrogen) atoms. The van der Waals surface area contributed by atoms with Gasteiger partial charge in [-0.05, 0) is 30.3 Å². The summed E-state index contributed by atoms with van der Waals surface area (Å²) in [6.07, 6.45) is 1.51. The van der Waals surface area contributed by atoms with Crippen molar-refractivity contribution in [3.63, 3.8) is 0 Å². The van der Waals surface area contributed by atoms with Crippen LogP contribution in [0, 0.1) is 10.1 Å². The van der Waals surface area contributed by atoms with E-state index in [-0.39, 0.29) is 11.6 Å². The smallest absolute Gasteiger partial charge is 0.268 e. The maximum Gasteiger partial charge on any atom is 0.276 e. The first kappa shape index (κ1) is 16.8.